The van der Waals surface area contributed by atoms with Crippen molar-refractivity contribution in [2.75, 3.05) is 5.32 Å². The van der Waals surface area contributed by atoms with Gasteiger partial charge in [0.05, 0.1) is 4.90 Å². The fourth-order valence-corrected chi connectivity index (χ4v) is 3.71. The van der Waals surface area contributed by atoms with Gasteiger partial charge in [-0.3, -0.25) is 9.20 Å². The van der Waals surface area contributed by atoms with Crippen LogP contribution in [0, 0.1) is 13.8 Å². The molecule has 0 saturated carbocycles. The van der Waals surface area contributed by atoms with Crippen LogP contribution in [0.4, 0.5) is 5.69 Å². The Balaban J connectivity index is 1.78. The van der Waals surface area contributed by atoms with Gasteiger partial charge in [0.25, 0.3) is 5.91 Å². The zero-order valence-electron chi connectivity index (χ0n) is 16.5. The van der Waals surface area contributed by atoms with Crippen molar-refractivity contribution in [3.63, 3.8) is 0 Å². The normalized spacial score (nSPS) is 11.6. The summed E-state index contributed by atoms with van der Waals surface area (Å²) in [5.74, 6) is -0.355. The van der Waals surface area contributed by atoms with E-state index < -0.39 is 10.0 Å². The lowest BCUT2D eigenvalue weighted by molar-refractivity contribution is 0.102. The van der Waals surface area contributed by atoms with Crippen molar-refractivity contribution in [2.45, 2.75) is 18.7 Å². The van der Waals surface area contributed by atoms with Crippen LogP contribution >= 0.6 is 0 Å². The van der Waals surface area contributed by atoms with Gasteiger partial charge >= 0.3 is 0 Å². The monoisotopic (exact) mass is 420 g/mol. The van der Waals surface area contributed by atoms with Gasteiger partial charge in [-0.15, -0.1) is 0 Å². The molecule has 152 valence electrons. The maximum Gasteiger partial charge on any atom is 0.274 e. The van der Waals surface area contributed by atoms with Gasteiger partial charge in [-0.1, -0.05) is 35.9 Å². The molecule has 0 bridgehead atoms. The minimum Gasteiger partial charge on any atom is -0.321 e. The van der Waals surface area contributed by atoms with Gasteiger partial charge < -0.3 is 5.32 Å². The topological polar surface area (TPSA) is 107 Å². The molecule has 0 atom stereocenters. The highest BCUT2D eigenvalue weighted by Gasteiger charge is 2.21. The van der Waals surface area contributed by atoms with E-state index in [9.17, 15) is 13.2 Å². The molecule has 4 aromatic rings. The van der Waals surface area contributed by atoms with Gasteiger partial charge in [0.15, 0.2) is 0 Å². The van der Waals surface area contributed by atoms with Crippen molar-refractivity contribution < 1.29 is 13.2 Å². The highest BCUT2D eigenvalue weighted by molar-refractivity contribution is 7.89. The van der Waals surface area contributed by atoms with E-state index in [1.54, 1.807) is 4.40 Å². The Bertz CT molecular complexity index is 1360. The Morgan fingerprint density at radius 2 is 1.57 bits per heavy atom. The highest BCUT2D eigenvalue weighted by atomic mass is 32.2. The molecule has 0 radical (unpaired) electrons. The van der Waals surface area contributed by atoms with Gasteiger partial charge in [-0.05, 0) is 49.7 Å². The number of aryl methyl sites for hydroxylation is 2. The average Bonchev–Trinajstić information content (AvgIpc) is 3.07. The van der Waals surface area contributed by atoms with E-state index >= 15 is 0 Å². The van der Waals surface area contributed by atoms with Crippen LogP contribution in [0.2, 0.25) is 0 Å². The lowest BCUT2D eigenvalue weighted by Crippen LogP contribution is -2.16. The second-order valence-corrected chi connectivity index (χ2v) is 8.69. The van der Waals surface area contributed by atoms with Crippen LogP contribution in [-0.4, -0.2) is 23.7 Å². The third-order valence-corrected chi connectivity index (χ3v) is 5.68. The third kappa shape index (κ3) is 3.83. The van der Waals surface area contributed by atoms with E-state index in [0.717, 1.165) is 16.7 Å². The molecule has 0 spiro atoms. The largest absolute Gasteiger partial charge is 0.321 e. The van der Waals surface area contributed by atoms with Gasteiger partial charge in [0.2, 0.25) is 10.0 Å². The third-order valence-electron chi connectivity index (χ3n) is 4.75. The molecule has 2 aromatic carbocycles. The van der Waals surface area contributed by atoms with Crippen LogP contribution in [-0.2, 0) is 10.0 Å². The number of benzene rings is 2. The minimum atomic E-state index is -3.80. The molecule has 0 aliphatic rings. The summed E-state index contributed by atoms with van der Waals surface area (Å²) >= 11 is 0. The van der Waals surface area contributed by atoms with E-state index in [1.807, 2.05) is 56.4 Å². The van der Waals surface area contributed by atoms with Gasteiger partial charge in [-0.25, -0.2) is 18.5 Å². The number of rotatable bonds is 4. The maximum absolute atomic E-state index is 13.2. The Morgan fingerprint density at radius 1 is 0.933 bits per heavy atom. The molecule has 8 heteroatoms. The van der Waals surface area contributed by atoms with E-state index in [-0.39, 0.29) is 10.8 Å². The predicted octanol–water partition coefficient (Wildman–Crippen LogP) is 3.52. The number of hydrogen-bond acceptors (Lipinski definition) is 4. The lowest BCUT2D eigenvalue weighted by Gasteiger charge is -2.09. The van der Waals surface area contributed by atoms with Crippen LogP contribution in [0.15, 0.2) is 71.8 Å². The number of carbonyl (C=O) groups excluding carboxylic acids is 1. The Morgan fingerprint density at radius 3 is 2.20 bits per heavy atom. The number of nitrogens with one attached hydrogen (secondary N) is 1. The molecular weight excluding hydrogens is 400 g/mol. The van der Waals surface area contributed by atoms with Gasteiger partial charge in [0.1, 0.15) is 17.0 Å². The number of carbonyl (C=O) groups is 1. The summed E-state index contributed by atoms with van der Waals surface area (Å²) in [7, 11) is -3.80. The van der Waals surface area contributed by atoms with Gasteiger partial charge in [0, 0.05) is 17.4 Å². The Hall–Kier alpha value is -3.49. The molecular formula is C22H20N4O3S. The summed E-state index contributed by atoms with van der Waals surface area (Å²) < 4.78 is 24.6. The molecule has 30 heavy (non-hydrogen) atoms. The standard InChI is InChI=1S/C22H20N4O3S/c1-14-3-6-16(7-4-14)20-21(26-13-15(2)5-12-19(26)25-20)22(27)24-17-8-10-18(11-9-17)30(23,28)29/h3-13H,1-2H3,(H,24,27)(H2,23,28,29). The average molecular weight is 420 g/mol. The summed E-state index contributed by atoms with van der Waals surface area (Å²) in [5.41, 5.74) is 5.00. The van der Waals surface area contributed by atoms with E-state index in [2.05, 4.69) is 10.3 Å². The van der Waals surface area contributed by atoms with E-state index in [0.29, 0.717) is 22.7 Å². The number of nitrogens with two attached hydrogens (primary N) is 1. The molecule has 0 fully saturated rings. The van der Waals surface area contributed by atoms with Crippen molar-refractivity contribution in [1.29, 1.82) is 0 Å². The zero-order valence-corrected chi connectivity index (χ0v) is 17.3. The summed E-state index contributed by atoms with van der Waals surface area (Å²) in [4.78, 5) is 17.9. The van der Waals surface area contributed by atoms with Crippen LogP contribution in [0.5, 0.6) is 0 Å². The summed E-state index contributed by atoms with van der Waals surface area (Å²) in [6.07, 6.45) is 1.86. The Kier molecular flexibility index (Phi) is 4.89. The SMILES string of the molecule is Cc1ccc(-c2nc3ccc(C)cn3c2C(=O)Nc2ccc(S(N)(=O)=O)cc2)cc1. The van der Waals surface area contributed by atoms with Crippen molar-refractivity contribution >= 4 is 27.3 Å². The predicted molar refractivity (Wildman–Crippen MR) is 116 cm³/mol. The smallest absolute Gasteiger partial charge is 0.274 e. The van der Waals surface area contributed by atoms with Gasteiger partial charge in [-0.2, -0.15) is 0 Å². The zero-order chi connectivity index (χ0) is 21.5. The number of hydrogen-bond donors (Lipinski definition) is 2. The summed E-state index contributed by atoms with van der Waals surface area (Å²) in [5, 5.41) is 7.95. The van der Waals surface area contributed by atoms with E-state index in [4.69, 9.17) is 5.14 Å². The molecule has 3 N–H and O–H groups in total. The summed E-state index contributed by atoms with van der Waals surface area (Å²) in [6, 6.07) is 17.3. The second-order valence-electron chi connectivity index (χ2n) is 7.13. The molecule has 0 aliphatic carbocycles. The van der Waals surface area contributed by atoms with Crippen molar-refractivity contribution in [2.24, 2.45) is 5.14 Å². The number of fused-ring (bicyclic) bond motifs is 1. The van der Waals surface area contributed by atoms with Crippen molar-refractivity contribution in [1.82, 2.24) is 9.38 Å². The first kappa shape index (κ1) is 19.8. The Labute approximate surface area is 174 Å². The second kappa shape index (κ2) is 7.40. The minimum absolute atomic E-state index is 0.0220. The van der Waals surface area contributed by atoms with Crippen LogP contribution in [0.25, 0.3) is 16.9 Å². The molecule has 2 aromatic heterocycles. The molecule has 4 rings (SSSR count). The summed E-state index contributed by atoms with van der Waals surface area (Å²) in [6.45, 7) is 3.94. The van der Waals surface area contributed by atoms with Crippen LogP contribution < -0.4 is 10.5 Å². The highest BCUT2D eigenvalue weighted by Crippen LogP contribution is 2.26. The van der Waals surface area contributed by atoms with E-state index in [1.165, 1.54) is 24.3 Å². The quantitative estimate of drug-likeness (QED) is 0.527. The number of anilines is 1. The van der Waals surface area contributed by atoms with Crippen molar-refractivity contribution in [3.8, 4) is 11.3 Å². The molecule has 7 nitrogen and oxygen atoms in total. The number of imidazole rings is 1. The maximum atomic E-state index is 13.2. The number of amides is 1. The number of primary sulfonamides is 1. The fraction of sp³-hybridized carbons (Fsp3) is 0.0909. The number of nitrogens with zero attached hydrogens (tertiary/aromatic N) is 2. The number of sulfonamides is 1. The lowest BCUT2D eigenvalue weighted by atomic mass is 10.1. The van der Waals surface area contributed by atoms with Crippen LogP contribution in [0.1, 0.15) is 21.6 Å². The first-order valence-electron chi connectivity index (χ1n) is 9.22. The molecule has 1 amide bonds. The first-order chi connectivity index (χ1) is 14.2. The first-order valence-corrected chi connectivity index (χ1v) is 10.8. The molecule has 0 unspecified atom stereocenters. The van der Waals surface area contributed by atoms with Crippen molar-refractivity contribution in [3.05, 3.63) is 83.7 Å². The van der Waals surface area contributed by atoms with Crippen LogP contribution in [0.3, 0.4) is 0 Å². The number of aromatic nitrogens is 2. The number of pyridine rings is 1. The molecule has 2 heterocycles. The molecule has 0 saturated heterocycles. The molecule has 0 aliphatic heterocycles. The fourth-order valence-electron chi connectivity index (χ4n) is 3.20.